The van der Waals surface area contributed by atoms with Gasteiger partial charge < -0.3 is 19.4 Å². The van der Waals surface area contributed by atoms with Crippen molar-refractivity contribution in [3.8, 4) is 6.07 Å². The second-order valence-corrected chi connectivity index (χ2v) is 7.09. The average molecular weight is 357 g/mol. The van der Waals surface area contributed by atoms with Crippen molar-refractivity contribution in [3.63, 3.8) is 0 Å². The molecule has 1 N–H and O–H groups in total. The van der Waals surface area contributed by atoms with E-state index in [1.165, 1.54) is 0 Å². The number of aryl methyl sites for hydroxylation is 1. The molecule has 2 fully saturated rings. The third kappa shape index (κ3) is 4.35. The molecule has 3 rings (SSSR count). The zero-order valence-corrected chi connectivity index (χ0v) is 15.6. The highest BCUT2D eigenvalue weighted by atomic mass is 16.5. The van der Waals surface area contributed by atoms with Crippen LogP contribution in [0.25, 0.3) is 6.08 Å². The van der Waals surface area contributed by atoms with E-state index in [9.17, 15) is 10.1 Å². The third-order valence-corrected chi connectivity index (χ3v) is 5.20. The predicted octanol–water partition coefficient (Wildman–Crippen LogP) is 2.49. The molecule has 3 heterocycles. The highest BCUT2D eigenvalue weighted by Crippen LogP contribution is 2.22. The number of nitrogens with one attached hydrogen (secondary N) is 1. The number of nitriles is 1. The Morgan fingerprint density at radius 1 is 1.31 bits per heavy atom. The van der Waals surface area contributed by atoms with Gasteiger partial charge in [0.15, 0.2) is 0 Å². The highest BCUT2D eigenvalue weighted by Gasteiger charge is 2.20. The van der Waals surface area contributed by atoms with Crippen LogP contribution in [0.3, 0.4) is 0 Å². The van der Waals surface area contributed by atoms with Gasteiger partial charge in [0.05, 0.1) is 12.2 Å². The zero-order valence-electron chi connectivity index (χ0n) is 15.6. The molecule has 0 unspecified atom stereocenters. The van der Waals surface area contributed by atoms with E-state index in [-0.39, 0.29) is 23.7 Å². The molecule has 2 atom stereocenters. The summed E-state index contributed by atoms with van der Waals surface area (Å²) >= 11 is 0. The van der Waals surface area contributed by atoms with Crippen molar-refractivity contribution in [2.24, 2.45) is 0 Å². The largest absolute Gasteiger partial charge is 0.376 e. The van der Waals surface area contributed by atoms with Crippen LogP contribution in [-0.4, -0.2) is 42.4 Å². The second-order valence-electron chi connectivity index (χ2n) is 7.09. The van der Waals surface area contributed by atoms with Crippen LogP contribution in [-0.2, 0) is 20.8 Å². The van der Waals surface area contributed by atoms with Crippen molar-refractivity contribution < 1.29 is 14.3 Å². The van der Waals surface area contributed by atoms with E-state index in [1.807, 2.05) is 26.0 Å². The molecule has 0 saturated carbocycles. The van der Waals surface area contributed by atoms with E-state index in [0.29, 0.717) is 6.54 Å². The van der Waals surface area contributed by atoms with Crippen LogP contribution in [0.4, 0.5) is 0 Å². The molecule has 2 aliphatic rings. The Kier molecular flexibility index (Phi) is 6.12. The van der Waals surface area contributed by atoms with Crippen LogP contribution >= 0.6 is 0 Å². The first-order chi connectivity index (χ1) is 12.6. The van der Waals surface area contributed by atoms with E-state index >= 15 is 0 Å². The number of amides is 1. The number of aromatic nitrogens is 1. The van der Waals surface area contributed by atoms with Crippen LogP contribution in [0, 0.1) is 25.2 Å². The van der Waals surface area contributed by atoms with Crippen molar-refractivity contribution >= 4 is 12.0 Å². The number of nitrogens with zero attached hydrogens (tertiary/aromatic N) is 2. The molecule has 6 heteroatoms. The van der Waals surface area contributed by atoms with Crippen molar-refractivity contribution in [1.29, 1.82) is 5.26 Å². The van der Waals surface area contributed by atoms with Gasteiger partial charge in [-0.15, -0.1) is 0 Å². The van der Waals surface area contributed by atoms with Gasteiger partial charge >= 0.3 is 0 Å². The summed E-state index contributed by atoms with van der Waals surface area (Å²) in [5.41, 5.74) is 3.20. The Hall–Kier alpha value is -2.10. The maximum atomic E-state index is 12.3. The average Bonchev–Trinajstić information content (AvgIpc) is 3.37. The zero-order chi connectivity index (χ0) is 18.5. The summed E-state index contributed by atoms with van der Waals surface area (Å²) in [4.78, 5) is 12.3. The number of carbonyl (C=O) groups excluding carboxylic acids is 1. The lowest BCUT2D eigenvalue weighted by atomic mass is 10.1. The minimum Gasteiger partial charge on any atom is -0.376 e. The number of rotatable bonds is 6. The SMILES string of the molecule is Cc1cc(/C=C(\C#N)C(=O)NC[C@H]2CCCO2)c(C)n1C[C@@H]1CCCO1. The van der Waals surface area contributed by atoms with Gasteiger partial charge in [-0.1, -0.05) is 0 Å². The van der Waals surface area contributed by atoms with Crippen molar-refractivity contribution in [1.82, 2.24) is 9.88 Å². The Morgan fingerprint density at radius 3 is 2.62 bits per heavy atom. The molecular formula is C20H27N3O3. The molecule has 2 saturated heterocycles. The number of hydrogen-bond acceptors (Lipinski definition) is 4. The molecule has 0 aliphatic carbocycles. The molecule has 0 aromatic carbocycles. The van der Waals surface area contributed by atoms with Crippen LogP contribution in [0.15, 0.2) is 11.6 Å². The normalized spacial score (nSPS) is 23.2. The molecular weight excluding hydrogens is 330 g/mol. The standard InChI is InChI=1S/C20H27N3O3/c1-14-9-16(15(2)23(14)13-19-6-4-8-26-19)10-17(11-21)20(24)22-12-18-5-3-7-25-18/h9-10,18-19H,3-8,12-13H2,1-2H3,(H,22,24)/b17-10+/t18-,19+/m1/s1. The van der Waals surface area contributed by atoms with Crippen molar-refractivity contribution in [2.45, 2.75) is 58.3 Å². The lowest BCUT2D eigenvalue weighted by Gasteiger charge is -2.14. The molecule has 0 radical (unpaired) electrons. The summed E-state index contributed by atoms with van der Waals surface area (Å²) in [6.07, 6.45) is 6.17. The predicted molar refractivity (Wildman–Crippen MR) is 98.5 cm³/mol. The molecule has 6 nitrogen and oxygen atoms in total. The van der Waals surface area contributed by atoms with E-state index in [4.69, 9.17) is 9.47 Å². The molecule has 1 aromatic rings. The summed E-state index contributed by atoms with van der Waals surface area (Å²) < 4.78 is 13.4. The monoisotopic (exact) mass is 357 g/mol. The fourth-order valence-corrected chi connectivity index (χ4v) is 3.66. The topological polar surface area (TPSA) is 76.3 Å². The Bertz CT molecular complexity index is 717. The summed E-state index contributed by atoms with van der Waals surface area (Å²) in [5, 5.41) is 12.2. The van der Waals surface area contributed by atoms with Crippen molar-refractivity contribution in [3.05, 3.63) is 28.6 Å². The molecule has 26 heavy (non-hydrogen) atoms. The summed E-state index contributed by atoms with van der Waals surface area (Å²) in [7, 11) is 0. The van der Waals surface area contributed by atoms with Gasteiger partial charge in [0, 0.05) is 37.7 Å². The third-order valence-electron chi connectivity index (χ3n) is 5.20. The van der Waals surface area contributed by atoms with E-state index in [0.717, 1.165) is 62.4 Å². The van der Waals surface area contributed by atoms with Crippen molar-refractivity contribution in [2.75, 3.05) is 19.8 Å². The van der Waals surface area contributed by atoms with Crippen LogP contribution in [0.5, 0.6) is 0 Å². The lowest BCUT2D eigenvalue weighted by Crippen LogP contribution is -2.32. The maximum absolute atomic E-state index is 12.3. The smallest absolute Gasteiger partial charge is 0.262 e. The van der Waals surface area contributed by atoms with E-state index in [1.54, 1.807) is 6.08 Å². The first-order valence-electron chi connectivity index (χ1n) is 9.38. The molecule has 1 aromatic heterocycles. The Morgan fingerprint density at radius 2 is 2.00 bits per heavy atom. The number of hydrogen-bond donors (Lipinski definition) is 1. The molecule has 2 aliphatic heterocycles. The minimum absolute atomic E-state index is 0.0652. The second kappa shape index (κ2) is 8.52. The molecule has 1 amide bonds. The summed E-state index contributed by atoms with van der Waals surface area (Å²) in [5.74, 6) is -0.341. The summed E-state index contributed by atoms with van der Waals surface area (Å²) in [6, 6.07) is 4.05. The van der Waals surface area contributed by atoms with Gasteiger partial charge in [0.25, 0.3) is 5.91 Å². The van der Waals surface area contributed by atoms with Gasteiger partial charge in [0.2, 0.25) is 0 Å². The fraction of sp³-hybridized carbons (Fsp3) is 0.600. The lowest BCUT2D eigenvalue weighted by molar-refractivity contribution is -0.117. The van der Waals surface area contributed by atoms with Gasteiger partial charge in [0.1, 0.15) is 11.6 Å². The van der Waals surface area contributed by atoms with E-state index < -0.39 is 0 Å². The first kappa shape index (κ1) is 18.7. The van der Waals surface area contributed by atoms with Gasteiger partial charge in [-0.25, -0.2) is 0 Å². The molecule has 0 bridgehead atoms. The quantitative estimate of drug-likeness (QED) is 0.627. The highest BCUT2D eigenvalue weighted by molar-refractivity contribution is 6.01. The minimum atomic E-state index is -0.341. The van der Waals surface area contributed by atoms with E-state index in [2.05, 4.69) is 9.88 Å². The van der Waals surface area contributed by atoms with Crippen LogP contribution in [0.1, 0.15) is 42.6 Å². The molecule has 0 spiro atoms. The van der Waals surface area contributed by atoms with Gasteiger partial charge in [-0.05, 0) is 57.2 Å². The first-order valence-corrected chi connectivity index (χ1v) is 9.38. The van der Waals surface area contributed by atoms with Gasteiger partial charge in [-0.3, -0.25) is 4.79 Å². The van der Waals surface area contributed by atoms with Crippen LogP contribution in [0.2, 0.25) is 0 Å². The fourth-order valence-electron chi connectivity index (χ4n) is 3.66. The molecule has 140 valence electrons. The van der Waals surface area contributed by atoms with Gasteiger partial charge in [-0.2, -0.15) is 5.26 Å². The van der Waals surface area contributed by atoms with Crippen LogP contribution < -0.4 is 5.32 Å². The maximum Gasteiger partial charge on any atom is 0.262 e. The summed E-state index contributed by atoms with van der Waals surface area (Å²) in [6.45, 7) is 6.92. The Balaban J connectivity index is 1.69. The number of carbonyl (C=O) groups is 1. The number of ether oxygens (including phenoxy) is 2. The Labute approximate surface area is 154 Å².